The Bertz CT molecular complexity index is 1340. The van der Waals surface area contributed by atoms with Gasteiger partial charge in [0.05, 0.1) is 12.4 Å². The van der Waals surface area contributed by atoms with Crippen LogP contribution in [0, 0.1) is 0 Å². The second-order valence-corrected chi connectivity index (χ2v) is 11.5. The van der Waals surface area contributed by atoms with E-state index in [-0.39, 0.29) is 5.92 Å². The molecule has 1 saturated carbocycles. The third kappa shape index (κ3) is 7.56. The summed E-state index contributed by atoms with van der Waals surface area (Å²) in [5.74, 6) is 0.387. The third-order valence-corrected chi connectivity index (χ3v) is 7.32. The number of aliphatic hydroxyl groups is 1. The molecule has 1 amide bonds. The van der Waals surface area contributed by atoms with Crippen molar-refractivity contribution in [1.29, 1.82) is 0 Å². The Balaban J connectivity index is 1.35. The Hall–Kier alpha value is -3.40. The summed E-state index contributed by atoms with van der Waals surface area (Å²) in [5, 5.41) is 13.4. The van der Waals surface area contributed by atoms with Crippen LogP contribution in [0.2, 0.25) is 0 Å². The zero-order valence-corrected chi connectivity index (χ0v) is 22.3. The molecule has 5 N–H and O–H groups in total. The number of nitrogens with two attached hydrogens (primary N) is 1. The minimum Gasteiger partial charge on any atom is -0.492 e. The van der Waals surface area contributed by atoms with Crippen LogP contribution in [-0.4, -0.2) is 45.4 Å². The Kier molecular flexibility index (Phi) is 9.04. The lowest BCUT2D eigenvalue weighted by Crippen LogP contribution is -2.30. The standard InChI is InChI=1S/C29H35N3O5S/c1-38(35,36)32-29(34)26-15-10-23(18-27(26)21-4-2-3-5-21)20-8-13-25(14-9-20)37-17-16-31-19-28(33)22-6-11-24(30)12-7-22/h6-15,18,21,28,31,33H,2-5,16-17,19,30H2,1H3,(H,32,34)/t28-/m1/s1. The summed E-state index contributed by atoms with van der Waals surface area (Å²) in [6, 6.07) is 20.5. The molecule has 1 atom stereocenters. The Morgan fingerprint density at radius 3 is 2.34 bits per heavy atom. The van der Waals surface area contributed by atoms with Crippen LogP contribution in [0.1, 0.15) is 59.2 Å². The minimum absolute atomic E-state index is 0.240. The summed E-state index contributed by atoms with van der Waals surface area (Å²) in [5.41, 5.74) is 10.4. The summed E-state index contributed by atoms with van der Waals surface area (Å²) in [6.07, 6.45) is 4.54. The lowest BCUT2D eigenvalue weighted by molar-refractivity contribution is 0.0980. The number of aliphatic hydroxyl groups excluding tert-OH is 1. The molecule has 0 aromatic heterocycles. The van der Waals surface area contributed by atoms with Gasteiger partial charge in [-0.3, -0.25) is 4.79 Å². The van der Waals surface area contributed by atoms with Crippen LogP contribution in [0.15, 0.2) is 66.7 Å². The highest BCUT2D eigenvalue weighted by Crippen LogP contribution is 2.38. The van der Waals surface area contributed by atoms with Gasteiger partial charge in [-0.1, -0.05) is 49.2 Å². The molecular weight excluding hydrogens is 502 g/mol. The van der Waals surface area contributed by atoms with E-state index in [4.69, 9.17) is 10.5 Å². The average molecular weight is 538 g/mol. The largest absolute Gasteiger partial charge is 0.492 e. The number of nitrogens with one attached hydrogen (secondary N) is 2. The Labute approximate surface area is 224 Å². The Morgan fingerprint density at radius 2 is 1.68 bits per heavy atom. The average Bonchev–Trinajstić information content (AvgIpc) is 3.43. The second kappa shape index (κ2) is 12.4. The first kappa shape index (κ1) is 27.6. The molecule has 0 heterocycles. The van der Waals surface area contributed by atoms with Crippen LogP contribution in [-0.2, 0) is 10.0 Å². The molecule has 0 aliphatic heterocycles. The summed E-state index contributed by atoms with van der Waals surface area (Å²) >= 11 is 0. The predicted molar refractivity (Wildman–Crippen MR) is 150 cm³/mol. The molecule has 3 aromatic rings. The quantitative estimate of drug-likeness (QED) is 0.215. The van der Waals surface area contributed by atoms with Crippen molar-refractivity contribution in [2.75, 3.05) is 31.7 Å². The fourth-order valence-electron chi connectivity index (χ4n) is 4.81. The van der Waals surface area contributed by atoms with E-state index in [9.17, 15) is 18.3 Å². The van der Waals surface area contributed by atoms with Gasteiger partial charge in [-0.25, -0.2) is 13.1 Å². The molecule has 0 unspecified atom stereocenters. The summed E-state index contributed by atoms with van der Waals surface area (Å²) in [4.78, 5) is 12.7. The number of amides is 1. The van der Waals surface area contributed by atoms with E-state index in [0.717, 1.165) is 59.9 Å². The van der Waals surface area contributed by atoms with Crippen LogP contribution in [0.3, 0.4) is 0 Å². The van der Waals surface area contributed by atoms with E-state index in [1.165, 1.54) is 0 Å². The van der Waals surface area contributed by atoms with Crippen LogP contribution in [0.25, 0.3) is 11.1 Å². The van der Waals surface area contributed by atoms with E-state index < -0.39 is 22.0 Å². The molecule has 202 valence electrons. The summed E-state index contributed by atoms with van der Waals surface area (Å²) < 4.78 is 31.2. The monoisotopic (exact) mass is 537 g/mol. The first-order chi connectivity index (χ1) is 18.2. The molecule has 0 spiro atoms. The molecule has 0 saturated heterocycles. The maximum Gasteiger partial charge on any atom is 0.265 e. The highest BCUT2D eigenvalue weighted by molar-refractivity contribution is 7.89. The summed E-state index contributed by atoms with van der Waals surface area (Å²) in [6.45, 7) is 1.44. The van der Waals surface area contributed by atoms with Gasteiger partial charge in [0.15, 0.2) is 0 Å². The number of hydrogen-bond acceptors (Lipinski definition) is 7. The minimum atomic E-state index is -3.64. The zero-order valence-electron chi connectivity index (χ0n) is 21.5. The van der Waals surface area contributed by atoms with E-state index in [1.54, 1.807) is 18.2 Å². The van der Waals surface area contributed by atoms with Gasteiger partial charge < -0.3 is 20.9 Å². The molecule has 0 radical (unpaired) electrons. The molecule has 9 heteroatoms. The smallest absolute Gasteiger partial charge is 0.265 e. The molecule has 0 bridgehead atoms. The predicted octanol–water partition coefficient (Wildman–Crippen LogP) is 3.98. The molecule has 38 heavy (non-hydrogen) atoms. The number of rotatable bonds is 11. The highest BCUT2D eigenvalue weighted by Gasteiger charge is 2.24. The van der Waals surface area contributed by atoms with E-state index in [0.29, 0.717) is 30.9 Å². The topological polar surface area (TPSA) is 131 Å². The van der Waals surface area contributed by atoms with Gasteiger partial charge in [0.1, 0.15) is 12.4 Å². The summed E-state index contributed by atoms with van der Waals surface area (Å²) in [7, 11) is -3.64. The fourth-order valence-corrected chi connectivity index (χ4v) is 5.25. The second-order valence-electron chi connectivity index (χ2n) is 9.75. The number of hydrogen-bond donors (Lipinski definition) is 4. The van der Waals surface area contributed by atoms with Crippen LogP contribution in [0.5, 0.6) is 5.75 Å². The van der Waals surface area contributed by atoms with Gasteiger partial charge in [0, 0.05) is 24.3 Å². The Morgan fingerprint density at radius 1 is 1.03 bits per heavy atom. The van der Waals surface area contributed by atoms with Crippen molar-refractivity contribution < 1.29 is 23.1 Å². The van der Waals surface area contributed by atoms with Crippen molar-refractivity contribution in [1.82, 2.24) is 10.0 Å². The first-order valence-electron chi connectivity index (χ1n) is 12.8. The van der Waals surface area contributed by atoms with Crippen LogP contribution in [0.4, 0.5) is 5.69 Å². The van der Waals surface area contributed by atoms with E-state index in [1.807, 2.05) is 48.5 Å². The number of ether oxygens (including phenoxy) is 1. The zero-order chi connectivity index (χ0) is 27.1. The molecule has 1 aliphatic carbocycles. The van der Waals surface area contributed by atoms with Gasteiger partial charge in [-0.2, -0.15) is 0 Å². The molecule has 1 fully saturated rings. The normalized spacial score (nSPS) is 14.8. The van der Waals surface area contributed by atoms with Crippen molar-refractivity contribution in [2.24, 2.45) is 0 Å². The van der Waals surface area contributed by atoms with Gasteiger partial charge in [0.2, 0.25) is 10.0 Å². The number of carbonyl (C=O) groups is 1. The number of anilines is 1. The number of nitrogen functional groups attached to an aromatic ring is 1. The van der Waals surface area contributed by atoms with E-state index >= 15 is 0 Å². The van der Waals surface area contributed by atoms with Crippen molar-refractivity contribution in [3.63, 3.8) is 0 Å². The highest BCUT2D eigenvalue weighted by atomic mass is 32.2. The maximum absolute atomic E-state index is 12.7. The van der Waals surface area contributed by atoms with Gasteiger partial charge in [-0.05, 0) is 71.3 Å². The number of sulfonamides is 1. The molecule has 3 aromatic carbocycles. The third-order valence-electron chi connectivity index (χ3n) is 6.76. The fraction of sp³-hybridized carbons (Fsp3) is 0.345. The number of carbonyl (C=O) groups excluding carboxylic acids is 1. The van der Waals surface area contributed by atoms with E-state index in [2.05, 4.69) is 10.0 Å². The van der Waals surface area contributed by atoms with Gasteiger partial charge in [-0.15, -0.1) is 0 Å². The van der Waals surface area contributed by atoms with Crippen molar-refractivity contribution >= 4 is 21.6 Å². The molecule has 1 aliphatic rings. The lowest BCUT2D eigenvalue weighted by Gasteiger charge is -2.17. The SMILES string of the molecule is CS(=O)(=O)NC(=O)c1ccc(-c2ccc(OCCNC[C@@H](O)c3ccc(N)cc3)cc2)cc1C1CCCC1. The molecule has 8 nitrogen and oxygen atoms in total. The van der Waals surface area contributed by atoms with Crippen molar-refractivity contribution in [2.45, 2.75) is 37.7 Å². The van der Waals surface area contributed by atoms with Gasteiger partial charge >= 0.3 is 0 Å². The molecular formula is C29H35N3O5S. The first-order valence-corrected chi connectivity index (χ1v) is 14.7. The van der Waals surface area contributed by atoms with Crippen molar-refractivity contribution in [3.05, 3.63) is 83.4 Å². The maximum atomic E-state index is 12.7. The number of benzene rings is 3. The molecule has 4 rings (SSSR count). The van der Waals surface area contributed by atoms with Gasteiger partial charge in [0.25, 0.3) is 5.91 Å². The van der Waals surface area contributed by atoms with Crippen molar-refractivity contribution in [3.8, 4) is 16.9 Å². The van der Waals surface area contributed by atoms with Crippen LogP contribution < -0.4 is 20.5 Å². The lowest BCUT2D eigenvalue weighted by atomic mass is 9.89. The van der Waals surface area contributed by atoms with Crippen LogP contribution >= 0.6 is 0 Å².